The quantitative estimate of drug-likeness (QED) is 0.881. The Labute approximate surface area is 124 Å². The first-order valence-electron chi connectivity index (χ1n) is 6.27. The van der Waals surface area contributed by atoms with Crippen LogP contribution < -0.4 is 10.6 Å². The fraction of sp³-hybridized carbons (Fsp3) is 0.286. The van der Waals surface area contributed by atoms with Crippen LogP contribution in [-0.4, -0.2) is 35.3 Å². The van der Waals surface area contributed by atoms with E-state index in [0.717, 1.165) is 5.69 Å². The first-order valence-corrected chi connectivity index (χ1v) is 6.27. The first-order chi connectivity index (χ1) is 9.22. The van der Waals surface area contributed by atoms with Gasteiger partial charge in [0.05, 0.1) is 11.3 Å². The summed E-state index contributed by atoms with van der Waals surface area (Å²) >= 11 is 0. The van der Waals surface area contributed by atoms with Gasteiger partial charge in [0.15, 0.2) is 0 Å². The van der Waals surface area contributed by atoms with Gasteiger partial charge >= 0.3 is 0 Å². The van der Waals surface area contributed by atoms with Gasteiger partial charge in [-0.15, -0.1) is 12.4 Å². The molecule has 1 heterocycles. The van der Waals surface area contributed by atoms with Crippen LogP contribution >= 0.6 is 12.4 Å². The number of amides is 1. The summed E-state index contributed by atoms with van der Waals surface area (Å²) in [6.45, 7) is 2.60. The minimum Gasteiger partial charge on any atom is -0.350 e. The molecule has 2 N–H and O–H groups in total. The van der Waals surface area contributed by atoms with Gasteiger partial charge in [-0.3, -0.25) is 4.79 Å². The maximum absolute atomic E-state index is 12.2. The van der Waals surface area contributed by atoms with Crippen LogP contribution in [0.5, 0.6) is 0 Å². The van der Waals surface area contributed by atoms with Gasteiger partial charge in [-0.25, -0.2) is 4.68 Å². The second kappa shape index (κ2) is 7.67. The molecule has 5 nitrogen and oxygen atoms in total. The highest BCUT2D eigenvalue weighted by Gasteiger charge is 2.12. The molecule has 0 radical (unpaired) electrons. The van der Waals surface area contributed by atoms with Crippen LogP contribution in [0.1, 0.15) is 17.3 Å². The molecule has 1 unspecified atom stereocenters. The summed E-state index contributed by atoms with van der Waals surface area (Å²) in [6, 6.07) is 9.49. The van der Waals surface area contributed by atoms with E-state index >= 15 is 0 Å². The van der Waals surface area contributed by atoms with Crippen LogP contribution in [0.15, 0.2) is 42.7 Å². The van der Waals surface area contributed by atoms with Crippen molar-refractivity contribution in [2.24, 2.45) is 0 Å². The van der Waals surface area contributed by atoms with Crippen molar-refractivity contribution < 1.29 is 4.79 Å². The maximum Gasteiger partial charge on any atom is 0.253 e. The topological polar surface area (TPSA) is 58.9 Å². The van der Waals surface area contributed by atoms with Gasteiger partial charge in [-0.1, -0.05) is 12.1 Å². The second-order valence-electron chi connectivity index (χ2n) is 4.37. The number of hydrogen-bond acceptors (Lipinski definition) is 3. The van der Waals surface area contributed by atoms with Crippen molar-refractivity contribution in [3.63, 3.8) is 0 Å². The van der Waals surface area contributed by atoms with Crippen molar-refractivity contribution >= 4 is 18.3 Å². The van der Waals surface area contributed by atoms with Crippen LogP contribution in [0.4, 0.5) is 0 Å². The number of halogens is 1. The van der Waals surface area contributed by atoms with Crippen LogP contribution in [0, 0.1) is 0 Å². The highest BCUT2D eigenvalue weighted by atomic mass is 35.5. The zero-order valence-electron chi connectivity index (χ0n) is 11.5. The first kappa shape index (κ1) is 16.2. The molecule has 2 aromatic rings. The number of carbonyl (C=O) groups is 1. The lowest BCUT2D eigenvalue weighted by Crippen LogP contribution is -2.37. The summed E-state index contributed by atoms with van der Waals surface area (Å²) in [7, 11) is 1.87. The Kier molecular flexibility index (Phi) is 6.21. The predicted octanol–water partition coefficient (Wildman–Crippen LogP) is 1.63. The lowest BCUT2D eigenvalue weighted by atomic mass is 10.1. The highest BCUT2D eigenvalue weighted by Crippen LogP contribution is 2.13. The lowest BCUT2D eigenvalue weighted by molar-refractivity contribution is 0.0950. The number of nitrogens with one attached hydrogen (secondary N) is 2. The van der Waals surface area contributed by atoms with E-state index in [9.17, 15) is 4.79 Å². The third-order valence-electron chi connectivity index (χ3n) is 2.96. The summed E-state index contributed by atoms with van der Waals surface area (Å²) in [6.07, 6.45) is 3.51. The number of para-hydroxylation sites is 1. The molecule has 0 saturated carbocycles. The highest BCUT2D eigenvalue weighted by molar-refractivity contribution is 5.97. The fourth-order valence-electron chi connectivity index (χ4n) is 1.72. The van der Waals surface area contributed by atoms with Gasteiger partial charge in [0.25, 0.3) is 5.91 Å². The average molecular weight is 295 g/mol. The molecule has 1 aromatic carbocycles. The van der Waals surface area contributed by atoms with E-state index in [-0.39, 0.29) is 24.4 Å². The Morgan fingerprint density at radius 3 is 2.75 bits per heavy atom. The van der Waals surface area contributed by atoms with E-state index in [2.05, 4.69) is 15.7 Å². The predicted molar refractivity (Wildman–Crippen MR) is 81.7 cm³/mol. The van der Waals surface area contributed by atoms with Crippen molar-refractivity contribution in [1.29, 1.82) is 0 Å². The van der Waals surface area contributed by atoms with Crippen LogP contribution in [0.2, 0.25) is 0 Å². The Morgan fingerprint density at radius 1 is 1.35 bits per heavy atom. The monoisotopic (exact) mass is 294 g/mol. The lowest BCUT2D eigenvalue weighted by Gasteiger charge is -2.13. The van der Waals surface area contributed by atoms with Gasteiger partial charge < -0.3 is 10.6 Å². The molecule has 0 saturated heterocycles. The fourth-order valence-corrected chi connectivity index (χ4v) is 1.72. The van der Waals surface area contributed by atoms with E-state index in [1.165, 1.54) is 0 Å². The van der Waals surface area contributed by atoms with E-state index in [1.807, 2.05) is 44.4 Å². The van der Waals surface area contributed by atoms with Gasteiger partial charge in [0.1, 0.15) is 0 Å². The van der Waals surface area contributed by atoms with Gasteiger partial charge in [-0.2, -0.15) is 5.10 Å². The molecule has 1 amide bonds. The molecule has 0 spiro atoms. The Morgan fingerprint density at radius 2 is 2.10 bits per heavy atom. The molecule has 0 fully saturated rings. The zero-order chi connectivity index (χ0) is 13.7. The van der Waals surface area contributed by atoms with Crippen molar-refractivity contribution in [2.45, 2.75) is 13.0 Å². The van der Waals surface area contributed by atoms with Crippen molar-refractivity contribution in [2.75, 3.05) is 13.6 Å². The van der Waals surface area contributed by atoms with Crippen LogP contribution in [0.25, 0.3) is 5.69 Å². The molecule has 0 aliphatic heterocycles. The summed E-state index contributed by atoms with van der Waals surface area (Å²) in [5, 5.41) is 10.2. The molecular formula is C14H19ClN4O. The molecule has 2 rings (SSSR count). The summed E-state index contributed by atoms with van der Waals surface area (Å²) in [5.74, 6) is -0.0896. The molecule has 108 valence electrons. The largest absolute Gasteiger partial charge is 0.350 e. The van der Waals surface area contributed by atoms with Gasteiger partial charge in [-0.05, 0) is 32.2 Å². The minimum atomic E-state index is -0.0896. The second-order valence-corrected chi connectivity index (χ2v) is 4.37. The van der Waals surface area contributed by atoms with E-state index < -0.39 is 0 Å². The molecule has 1 atom stereocenters. The summed E-state index contributed by atoms with van der Waals surface area (Å²) in [4.78, 5) is 12.2. The third-order valence-corrected chi connectivity index (χ3v) is 2.96. The number of benzene rings is 1. The Balaban J connectivity index is 0.00000200. The Bertz CT molecular complexity index is 542. The maximum atomic E-state index is 12.2. The van der Waals surface area contributed by atoms with Gasteiger partial charge in [0, 0.05) is 25.0 Å². The summed E-state index contributed by atoms with van der Waals surface area (Å²) in [5.41, 5.74) is 1.40. The molecule has 0 aliphatic carbocycles. The van der Waals surface area contributed by atoms with Crippen molar-refractivity contribution in [1.82, 2.24) is 20.4 Å². The number of aromatic nitrogens is 2. The van der Waals surface area contributed by atoms with E-state index in [1.54, 1.807) is 16.9 Å². The molecule has 0 bridgehead atoms. The molecule has 20 heavy (non-hydrogen) atoms. The van der Waals surface area contributed by atoms with Crippen molar-refractivity contribution in [3.8, 4) is 5.69 Å². The number of likely N-dealkylation sites (N-methyl/N-ethyl adjacent to an activating group) is 1. The smallest absolute Gasteiger partial charge is 0.253 e. The normalized spacial score (nSPS) is 11.5. The van der Waals surface area contributed by atoms with E-state index in [4.69, 9.17) is 0 Å². The minimum absolute atomic E-state index is 0. The third kappa shape index (κ3) is 3.82. The Hall–Kier alpha value is -1.85. The van der Waals surface area contributed by atoms with E-state index in [0.29, 0.717) is 12.1 Å². The SMILES string of the molecule is CNC(C)CNC(=O)c1ccccc1-n1cccn1.Cl. The molecule has 6 heteroatoms. The summed E-state index contributed by atoms with van der Waals surface area (Å²) < 4.78 is 1.69. The zero-order valence-corrected chi connectivity index (χ0v) is 12.4. The van der Waals surface area contributed by atoms with Gasteiger partial charge in [0.2, 0.25) is 0 Å². The number of hydrogen-bond donors (Lipinski definition) is 2. The molecular weight excluding hydrogens is 276 g/mol. The van der Waals surface area contributed by atoms with Crippen LogP contribution in [-0.2, 0) is 0 Å². The molecule has 1 aromatic heterocycles. The number of nitrogens with zero attached hydrogens (tertiary/aromatic N) is 2. The number of carbonyl (C=O) groups excluding carboxylic acids is 1. The molecule has 0 aliphatic rings. The average Bonchev–Trinajstić information content (AvgIpc) is 2.98. The van der Waals surface area contributed by atoms with Crippen molar-refractivity contribution in [3.05, 3.63) is 48.3 Å². The van der Waals surface area contributed by atoms with Crippen LogP contribution in [0.3, 0.4) is 0 Å². The number of rotatable bonds is 5. The standard InChI is InChI=1S/C14H18N4O.ClH/c1-11(15-2)10-16-14(19)12-6-3-4-7-13(12)18-9-5-8-17-18;/h3-9,11,15H,10H2,1-2H3,(H,16,19);1H.